The van der Waals surface area contributed by atoms with Gasteiger partial charge in [-0.15, -0.1) is 0 Å². The monoisotopic (exact) mass is 368 g/mol. The molecule has 1 aliphatic rings. The Hall–Kier alpha value is -3.16. The Balaban J connectivity index is 1.69. The molecule has 0 bridgehead atoms. The molecule has 1 saturated carbocycles. The number of hydrogen-bond donors (Lipinski definition) is 4. The quantitative estimate of drug-likeness (QED) is 0.620. The topological polar surface area (TPSA) is 122 Å². The average Bonchev–Trinajstić information content (AvgIpc) is 2.64. The van der Waals surface area contributed by atoms with Crippen LogP contribution in [0.15, 0.2) is 36.5 Å². The van der Waals surface area contributed by atoms with Crippen LogP contribution in [-0.4, -0.2) is 33.9 Å². The summed E-state index contributed by atoms with van der Waals surface area (Å²) in [5.74, 6) is 0.240. The van der Waals surface area contributed by atoms with Crippen molar-refractivity contribution >= 4 is 29.3 Å². The first-order valence-corrected chi connectivity index (χ1v) is 9.04. The van der Waals surface area contributed by atoms with Gasteiger partial charge in [0.15, 0.2) is 0 Å². The van der Waals surface area contributed by atoms with Crippen LogP contribution in [0.5, 0.6) is 0 Å². The van der Waals surface area contributed by atoms with Crippen LogP contribution < -0.4 is 21.7 Å². The van der Waals surface area contributed by atoms with E-state index in [-0.39, 0.29) is 23.6 Å². The minimum Gasteiger partial charge on any atom is -0.365 e. The lowest BCUT2D eigenvalue weighted by atomic mass is 9.91. The van der Waals surface area contributed by atoms with Gasteiger partial charge in [0.25, 0.3) is 5.91 Å². The van der Waals surface area contributed by atoms with Gasteiger partial charge in [0.1, 0.15) is 11.4 Å². The van der Waals surface area contributed by atoms with Gasteiger partial charge in [0, 0.05) is 30.9 Å². The molecule has 1 aliphatic carbocycles. The predicted molar refractivity (Wildman–Crippen MR) is 104 cm³/mol. The molecule has 142 valence electrons. The molecule has 1 aromatic heterocycles. The van der Waals surface area contributed by atoms with E-state index in [1.165, 1.54) is 6.20 Å². The minimum absolute atomic E-state index is 0.00779. The number of carbonyl (C=O) groups is 2. The first-order valence-electron chi connectivity index (χ1n) is 9.04. The predicted octanol–water partition coefficient (Wildman–Crippen LogP) is 2.18. The summed E-state index contributed by atoms with van der Waals surface area (Å²) in [6, 6.07) is 9.89. The third-order valence-corrected chi connectivity index (χ3v) is 4.56. The molecule has 0 saturated heterocycles. The number of aromatic nitrogens is 2. The van der Waals surface area contributed by atoms with Crippen LogP contribution in [0, 0.1) is 0 Å². The third-order valence-electron chi connectivity index (χ3n) is 4.56. The number of nitrogens with two attached hydrogens (primary N) is 1. The van der Waals surface area contributed by atoms with Crippen LogP contribution >= 0.6 is 0 Å². The second kappa shape index (κ2) is 8.48. The van der Waals surface area contributed by atoms with E-state index in [1.54, 1.807) is 6.92 Å². The summed E-state index contributed by atoms with van der Waals surface area (Å²) in [7, 11) is 0. The van der Waals surface area contributed by atoms with E-state index in [0.29, 0.717) is 11.8 Å². The molecule has 0 unspecified atom stereocenters. The van der Waals surface area contributed by atoms with Crippen molar-refractivity contribution in [2.45, 2.75) is 44.7 Å². The number of nitrogens with zero attached hydrogens (tertiary/aromatic N) is 2. The van der Waals surface area contributed by atoms with Crippen molar-refractivity contribution in [2.75, 3.05) is 10.6 Å². The first-order chi connectivity index (χ1) is 13.0. The fourth-order valence-electron chi connectivity index (χ4n) is 3.24. The standard InChI is InChI=1S/C19H24N6O2/c1-12(26)22-14-7-9-15(10-8-14)24-19-21-11-16(17(20)27)18(25-19)23-13-5-3-2-4-6-13/h2-6,11,14-15H,7-10H2,1H3,(H2,20,27)(H,22,26)(H2,21,23,24,25)/t14-,15-. The molecule has 1 fully saturated rings. The normalized spacial score (nSPS) is 19.1. The Morgan fingerprint density at radius 2 is 1.74 bits per heavy atom. The number of primary amides is 1. The molecule has 1 heterocycles. The fraction of sp³-hybridized carbons (Fsp3) is 0.368. The van der Waals surface area contributed by atoms with Crippen LogP contribution in [0.2, 0.25) is 0 Å². The van der Waals surface area contributed by atoms with Crippen LogP contribution in [0.4, 0.5) is 17.5 Å². The van der Waals surface area contributed by atoms with Crippen molar-refractivity contribution < 1.29 is 9.59 Å². The molecule has 2 aromatic rings. The van der Waals surface area contributed by atoms with E-state index < -0.39 is 5.91 Å². The largest absolute Gasteiger partial charge is 0.365 e. The van der Waals surface area contributed by atoms with Crippen LogP contribution in [0.1, 0.15) is 43.0 Å². The number of benzene rings is 1. The smallest absolute Gasteiger partial charge is 0.254 e. The van der Waals surface area contributed by atoms with Crippen molar-refractivity contribution in [1.82, 2.24) is 15.3 Å². The van der Waals surface area contributed by atoms with Crippen LogP contribution in [0.3, 0.4) is 0 Å². The van der Waals surface area contributed by atoms with Gasteiger partial charge >= 0.3 is 0 Å². The lowest BCUT2D eigenvalue weighted by Crippen LogP contribution is -2.39. The number of hydrogen-bond acceptors (Lipinski definition) is 6. The molecule has 2 amide bonds. The number of para-hydroxylation sites is 1. The average molecular weight is 368 g/mol. The molecule has 8 heteroatoms. The van der Waals surface area contributed by atoms with E-state index >= 15 is 0 Å². The molecule has 0 spiro atoms. The van der Waals surface area contributed by atoms with Gasteiger partial charge in [0.2, 0.25) is 11.9 Å². The van der Waals surface area contributed by atoms with Gasteiger partial charge in [-0.2, -0.15) is 4.98 Å². The van der Waals surface area contributed by atoms with Gasteiger partial charge in [-0.25, -0.2) is 4.98 Å². The number of carbonyl (C=O) groups excluding carboxylic acids is 2. The molecule has 5 N–H and O–H groups in total. The highest BCUT2D eigenvalue weighted by molar-refractivity contribution is 5.98. The molecular weight excluding hydrogens is 344 g/mol. The highest BCUT2D eigenvalue weighted by Gasteiger charge is 2.22. The van der Waals surface area contributed by atoms with Gasteiger partial charge in [0.05, 0.1) is 0 Å². The van der Waals surface area contributed by atoms with Crippen molar-refractivity contribution in [3.05, 3.63) is 42.1 Å². The molecule has 0 atom stereocenters. The molecule has 0 aliphatic heterocycles. The van der Waals surface area contributed by atoms with Gasteiger partial charge in [-0.1, -0.05) is 18.2 Å². The molecular formula is C19H24N6O2. The Morgan fingerprint density at radius 3 is 2.37 bits per heavy atom. The summed E-state index contributed by atoms with van der Waals surface area (Å²) < 4.78 is 0. The zero-order valence-corrected chi connectivity index (χ0v) is 15.2. The Labute approximate surface area is 158 Å². The second-order valence-corrected chi connectivity index (χ2v) is 6.70. The second-order valence-electron chi connectivity index (χ2n) is 6.70. The van der Waals surface area contributed by atoms with E-state index in [9.17, 15) is 9.59 Å². The molecule has 3 rings (SSSR count). The summed E-state index contributed by atoms with van der Waals surface area (Å²) in [6.07, 6.45) is 5.07. The fourth-order valence-corrected chi connectivity index (χ4v) is 3.24. The van der Waals surface area contributed by atoms with Crippen molar-refractivity contribution in [3.8, 4) is 0 Å². The summed E-state index contributed by atoms with van der Waals surface area (Å²) in [5, 5.41) is 9.40. The minimum atomic E-state index is -0.587. The lowest BCUT2D eigenvalue weighted by Gasteiger charge is -2.29. The highest BCUT2D eigenvalue weighted by Crippen LogP contribution is 2.23. The third kappa shape index (κ3) is 5.16. The number of anilines is 3. The zero-order chi connectivity index (χ0) is 19.2. The SMILES string of the molecule is CC(=O)N[C@H]1CC[C@H](Nc2ncc(C(N)=O)c(Nc3ccccc3)n2)CC1. The van der Waals surface area contributed by atoms with E-state index in [0.717, 1.165) is 31.4 Å². The zero-order valence-electron chi connectivity index (χ0n) is 15.2. The van der Waals surface area contributed by atoms with Gasteiger partial charge in [-0.05, 0) is 37.8 Å². The van der Waals surface area contributed by atoms with Crippen molar-refractivity contribution in [1.29, 1.82) is 0 Å². The molecule has 8 nitrogen and oxygen atoms in total. The van der Waals surface area contributed by atoms with Crippen molar-refractivity contribution in [3.63, 3.8) is 0 Å². The lowest BCUT2D eigenvalue weighted by molar-refractivity contribution is -0.119. The Morgan fingerprint density at radius 1 is 1.07 bits per heavy atom. The van der Waals surface area contributed by atoms with Crippen molar-refractivity contribution in [2.24, 2.45) is 5.73 Å². The van der Waals surface area contributed by atoms with Crippen LogP contribution in [0.25, 0.3) is 0 Å². The number of rotatable bonds is 6. The molecule has 1 aromatic carbocycles. The number of amides is 2. The summed E-state index contributed by atoms with van der Waals surface area (Å²) in [6.45, 7) is 1.54. The van der Waals surface area contributed by atoms with Gasteiger partial charge in [-0.3, -0.25) is 9.59 Å². The van der Waals surface area contributed by atoms with E-state index in [4.69, 9.17) is 5.73 Å². The molecule has 27 heavy (non-hydrogen) atoms. The summed E-state index contributed by atoms with van der Waals surface area (Å²) in [4.78, 5) is 31.5. The number of nitrogens with one attached hydrogen (secondary N) is 3. The van der Waals surface area contributed by atoms with Gasteiger partial charge < -0.3 is 21.7 Å². The van der Waals surface area contributed by atoms with E-state index in [1.807, 2.05) is 30.3 Å². The Bertz CT molecular complexity index is 803. The maximum absolute atomic E-state index is 11.7. The summed E-state index contributed by atoms with van der Waals surface area (Å²) in [5.41, 5.74) is 6.48. The van der Waals surface area contributed by atoms with Crippen LogP contribution in [-0.2, 0) is 4.79 Å². The molecule has 0 radical (unpaired) electrons. The Kier molecular flexibility index (Phi) is 5.85. The first kappa shape index (κ1) is 18.6. The maximum Gasteiger partial charge on any atom is 0.254 e. The maximum atomic E-state index is 11.7. The van der Waals surface area contributed by atoms with E-state index in [2.05, 4.69) is 25.9 Å². The highest BCUT2D eigenvalue weighted by atomic mass is 16.1. The summed E-state index contributed by atoms with van der Waals surface area (Å²) >= 11 is 0.